The summed E-state index contributed by atoms with van der Waals surface area (Å²) in [6.07, 6.45) is -8.88. The zero-order chi connectivity index (χ0) is 19.5. The fraction of sp³-hybridized carbons (Fsp3) is 0.250. The first kappa shape index (κ1) is 19.8. The second-order valence-corrected chi connectivity index (χ2v) is 5.29. The molecule has 140 valence electrons. The molecule has 0 bridgehead atoms. The largest absolute Gasteiger partial charge is 0.446 e. The summed E-state index contributed by atoms with van der Waals surface area (Å²) in [7, 11) is 0. The zero-order valence-corrected chi connectivity index (χ0v) is 12.9. The lowest BCUT2D eigenvalue weighted by atomic mass is 9.97. The minimum Gasteiger partial charge on any atom is -0.309 e. The van der Waals surface area contributed by atoms with Crippen LogP contribution in [0.4, 0.5) is 30.7 Å². The summed E-state index contributed by atoms with van der Waals surface area (Å²) in [6, 6.07) is 4.84. The van der Waals surface area contributed by atoms with Crippen molar-refractivity contribution in [3.63, 3.8) is 0 Å². The Morgan fingerprint density at radius 3 is 2.19 bits per heavy atom. The van der Waals surface area contributed by atoms with Crippen LogP contribution in [0.5, 0.6) is 0 Å². The van der Waals surface area contributed by atoms with E-state index in [2.05, 4.69) is 10.3 Å². The molecule has 3 nitrogen and oxygen atoms in total. The van der Waals surface area contributed by atoms with Gasteiger partial charge < -0.3 is 5.32 Å². The fourth-order valence-corrected chi connectivity index (χ4v) is 2.39. The van der Waals surface area contributed by atoms with Gasteiger partial charge in [-0.3, -0.25) is 9.78 Å². The number of rotatable bonds is 1. The van der Waals surface area contributed by atoms with Gasteiger partial charge in [0.1, 0.15) is 5.82 Å². The normalized spacial score (nSPS) is 13.7. The van der Waals surface area contributed by atoms with Crippen molar-refractivity contribution in [2.24, 2.45) is 0 Å². The van der Waals surface area contributed by atoms with E-state index in [-0.39, 0.29) is 5.56 Å². The van der Waals surface area contributed by atoms with Gasteiger partial charge in [0, 0.05) is 24.8 Å². The second-order valence-electron chi connectivity index (χ2n) is 5.29. The molecule has 0 aliphatic carbocycles. The maximum Gasteiger partial charge on any atom is 0.446 e. The number of nitrogens with one attached hydrogen (secondary N) is 1. The highest BCUT2D eigenvalue weighted by Crippen LogP contribution is 2.38. The van der Waals surface area contributed by atoms with Gasteiger partial charge in [-0.15, -0.1) is 0 Å². The topological polar surface area (TPSA) is 42.0 Å². The third-order valence-electron chi connectivity index (χ3n) is 3.46. The third kappa shape index (κ3) is 4.78. The molecular weight excluding hydrogens is 369 g/mol. The molecule has 1 aromatic heterocycles. The summed E-state index contributed by atoms with van der Waals surface area (Å²) in [6.45, 7) is 1.26. The van der Waals surface area contributed by atoms with Crippen LogP contribution >= 0.6 is 0 Å². The van der Waals surface area contributed by atoms with E-state index >= 15 is 0 Å². The number of halogens is 7. The first-order valence-corrected chi connectivity index (χ1v) is 7.09. The maximum absolute atomic E-state index is 13.8. The lowest BCUT2D eigenvalue weighted by molar-refractivity contribution is -0.156. The Hall–Kier alpha value is -2.49. The molecule has 0 unspecified atom stereocenters. The number of fused-ring (bicyclic) bond motifs is 1. The number of hydrogen-bond donors (Lipinski definition) is 1. The predicted octanol–water partition coefficient (Wildman–Crippen LogP) is 4.26. The van der Waals surface area contributed by atoms with Gasteiger partial charge in [-0.25, -0.2) is 4.39 Å². The van der Waals surface area contributed by atoms with Gasteiger partial charge in [-0.05, 0) is 22.8 Å². The quantitative estimate of drug-likeness (QED) is 0.594. The number of carbonyl (C=O) groups is 1. The van der Waals surface area contributed by atoms with Crippen LogP contribution in [-0.4, -0.2) is 17.4 Å². The molecule has 1 N–H and O–H groups in total. The van der Waals surface area contributed by atoms with Gasteiger partial charge in [0.15, 0.2) is 0 Å². The van der Waals surface area contributed by atoms with Crippen LogP contribution in [0.2, 0.25) is 0 Å². The molecule has 3 rings (SSSR count). The van der Waals surface area contributed by atoms with E-state index in [0.717, 1.165) is 17.3 Å². The van der Waals surface area contributed by atoms with Crippen LogP contribution < -0.4 is 5.32 Å². The molecule has 2 heterocycles. The summed E-state index contributed by atoms with van der Waals surface area (Å²) in [5.41, 5.74) is 0.647. The molecule has 0 spiro atoms. The Bertz CT molecular complexity index is 800. The first-order chi connectivity index (χ1) is 12.0. The average Bonchev–Trinajstić information content (AvgIpc) is 3.01. The summed E-state index contributed by atoms with van der Waals surface area (Å²) < 4.78 is 84.0. The van der Waals surface area contributed by atoms with Crippen molar-refractivity contribution in [2.75, 3.05) is 0 Å². The molecule has 0 radical (unpaired) electrons. The minimum absolute atomic E-state index is 0.222. The lowest BCUT2D eigenvalue weighted by Crippen LogP contribution is -2.09. The number of benzene rings is 1. The Morgan fingerprint density at radius 2 is 1.62 bits per heavy atom. The molecule has 0 saturated heterocycles. The molecule has 1 aliphatic heterocycles. The molecule has 0 atom stereocenters. The number of nitrogens with zero attached hydrogens (tertiary/aromatic N) is 1. The zero-order valence-electron chi connectivity index (χ0n) is 12.9. The summed E-state index contributed by atoms with van der Waals surface area (Å²) in [4.78, 5) is 12.0. The van der Waals surface area contributed by atoms with Gasteiger partial charge in [0.25, 0.3) is 0 Å². The Kier molecular flexibility index (Phi) is 5.65. The van der Waals surface area contributed by atoms with Crippen molar-refractivity contribution in [3.8, 4) is 11.1 Å². The van der Waals surface area contributed by atoms with E-state index in [1.165, 1.54) is 6.07 Å². The van der Waals surface area contributed by atoms with Crippen LogP contribution in [0.25, 0.3) is 11.1 Å². The fourth-order valence-electron chi connectivity index (χ4n) is 2.39. The van der Waals surface area contributed by atoms with Gasteiger partial charge in [-0.1, -0.05) is 12.1 Å². The molecular formula is C16H11F7N2O. The highest BCUT2D eigenvalue weighted by atomic mass is 19.4. The van der Waals surface area contributed by atoms with E-state index in [9.17, 15) is 30.7 Å². The molecule has 1 aromatic carbocycles. The molecule has 0 saturated carbocycles. The van der Waals surface area contributed by atoms with Gasteiger partial charge in [0.2, 0.25) is 6.29 Å². The second kappa shape index (κ2) is 7.40. The minimum atomic E-state index is -4.64. The number of hydrogen-bond acceptors (Lipinski definition) is 3. The van der Waals surface area contributed by atoms with E-state index in [1.54, 1.807) is 12.1 Å². The van der Waals surface area contributed by atoms with Crippen molar-refractivity contribution in [3.05, 3.63) is 53.1 Å². The van der Waals surface area contributed by atoms with Crippen molar-refractivity contribution in [2.45, 2.75) is 25.4 Å². The van der Waals surface area contributed by atoms with Crippen LogP contribution in [-0.2, 0) is 24.1 Å². The van der Waals surface area contributed by atoms with E-state index < -0.39 is 35.6 Å². The van der Waals surface area contributed by atoms with Crippen LogP contribution in [0.1, 0.15) is 16.7 Å². The highest BCUT2D eigenvalue weighted by molar-refractivity contribution is 5.69. The summed E-state index contributed by atoms with van der Waals surface area (Å²) >= 11 is 0. The Balaban J connectivity index is 0.000000352. The molecule has 0 fully saturated rings. The van der Waals surface area contributed by atoms with E-state index in [4.69, 9.17) is 4.79 Å². The molecule has 0 amide bonds. The number of alkyl halides is 6. The summed E-state index contributed by atoms with van der Waals surface area (Å²) in [5.74, 6) is -0.967. The molecule has 2 aromatic rings. The number of carbonyl (C=O) groups excluding carboxylic acids is 1. The summed E-state index contributed by atoms with van der Waals surface area (Å²) in [5, 5.41) is 3.10. The Morgan fingerprint density at radius 1 is 1.00 bits per heavy atom. The van der Waals surface area contributed by atoms with E-state index in [1.807, 2.05) is 0 Å². The van der Waals surface area contributed by atoms with Gasteiger partial charge >= 0.3 is 12.4 Å². The third-order valence-corrected chi connectivity index (χ3v) is 3.46. The number of aromatic nitrogens is 1. The molecule has 1 aliphatic rings. The molecule has 10 heteroatoms. The van der Waals surface area contributed by atoms with Crippen molar-refractivity contribution in [1.82, 2.24) is 10.3 Å². The highest BCUT2D eigenvalue weighted by Gasteiger charge is 2.35. The predicted molar refractivity (Wildman–Crippen MR) is 77.3 cm³/mol. The lowest BCUT2D eigenvalue weighted by Gasteiger charge is -2.14. The first-order valence-electron chi connectivity index (χ1n) is 7.09. The average molecular weight is 380 g/mol. The van der Waals surface area contributed by atoms with Crippen molar-refractivity contribution in [1.29, 1.82) is 0 Å². The maximum atomic E-state index is 13.8. The smallest absolute Gasteiger partial charge is 0.309 e. The SMILES string of the molecule is Fc1cncc(C(F)(F)F)c1-c1ccc2c(c1)CNC2.O=CC(F)(F)F. The van der Waals surface area contributed by atoms with Crippen molar-refractivity contribution < 1.29 is 35.5 Å². The molecule has 26 heavy (non-hydrogen) atoms. The Labute approximate surface area is 142 Å². The monoisotopic (exact) mass is 380 g/mol. The van der Waals surface area contributed by atoms with Crippen LogP contribution in [0, 0.1) is 5.82 Å². The number of pyridine rings is 1. The van der Waals surface area contributed by atoms with Gasteiger partial charge in [0.05, 0.1) is 11.8 Å². The van der Waals surface area contributed by atoms with E-state index in [0.29, 0.717) is 19.3 Å². The van der Waals surface area contributed by atoms with Crippen LogP contribution in [0.3, 0.4) is 0 Å². The standard InChI is InChI=1S/C14H10F4N2.C2HF3O/c15-12-7-20-6-11(14(16,17)18)13(12)8-1-2-9-4-19-5-10(9)3-8;3-2(4,5)1-6/h1-3,6-7,19H,4-5H2;1H. The number of aldehydes is 1. The van der Waals surface area contributed by atoms with Gasteiger partial charge in [-0.2, -0.15) is 26.3 Å². The van der Waals surface area contributed by atoms with Crippen molar-refractivity contribution >= 4 is 6.29 Å². The van der Waals surface area contributed by atoms with Crippen LogP contribution in [0.15, 0.2) is 30.6 Å².